The van der Waals surface area contributed by atoms with Crippen LogP contribution in [0.4, 0.5) is 5.69 Å². The van der Waals surface area contributed by atoms with Crippen LogP contribution in [0.1, 0.15) is 5.56 Å². The van der Waals surface area contributed by atoms with E-state index in [9.17, 15) is 9.59 Å². The van der Waals surface area contributed by atoms with Gasteiger partial charge in [-0.1, -0.05) is 23.2 Å². The number of carbonyl (C=O) groups excluding carboxylic acids is 2. The van der Waals surface area contributed by atoms with Gasteiger partial charge in [0.1, 0.15) is 5.57 Å². The van der Waals surface area contributed by atoms with E-state index < -0.39 is 11.8 Å². The number of benzene rings is 2. The molecule has 1 aliphatic rings. The molecule has 134 valence electrons. The zero-order valence-electron chi connectivity index (χ0n) is 13.5. The number of hydrogen-bond acceptors (Lipinski definition) is 4. The summed E-state index contributed by atoms with van der Waals surface area (Å²) in [6.07, 6.45) is 1.57. The van der Waals surface area contributed by atoms with E-state index in [0.717, 1.165) is 15.6 Å². The van der Waals surface area contributed by atoms with Crippen molar-refractivity contribution in [3.8, 4) is 0 Å². The molecule has 0 radical (unpaired) electrons. The monoisotopic (exact) mass is 432 g/mol. The van der Waals surface area contributed by atoms with Gasteiger partial charge in [-0.3, -0.25) is 19.8 Å². The molecule has 4 nitrogen and oxygen atoms in total. The van der Waals surface area contributed by atoms with Crippen molar-refractivity contribution in [2.24, 2.45) is 0 Å². The third-order valence-electron chi connectivity index (χ3n) is 4.05. The molecule has 2 heterocycles. The summed E-state index contributed by atoms with van der Waals surface area (Å²) >= 11 is 18.7. The molecule has 0 aliphatic carbocycles. The van der Waals surface area contributed by atoms with Gasteiger partial charge < -0.3 is 0 Å². The average Bonchev–Trinajstić information content (AvgIpc) is 3.02. The average molecular weight is 433 g/mol. The highest BCUT2D eigenvalue weighted by molar-refractivity contribution is 7.80. The maximum Gasteiger partial charge on any atom is 0.270 e. The third kappa shape index (κ3) is 3.37. The summed E-state index contributed by atoms with van der Waals surface area (Å²) in [5, 5.41) is 6.49. The molecule has 1 fully saturated rings. The number of carbonyl (C=O) groups is 2. The quantitative estimate of drug-likeness (QED) is 0.350. The largest absolute Gasteiger partial charge is 0.298 e. The van der Waals surface area contributed by atoms with Crippen molar-refractivity contribution in [3.63, 3.8) is 0 Å². The molecule has 0 spiro atoms. The van der Waals surface area contributed by atoms with E-state index in [-0.39, 0.29) is 10.7 Å². The van der Waals surface area contributed by atoms with Crippen molar-refractivity contribution in [2.45, 2.75) is 0 Å². The number of fused-ring (bicyclic) bond motifs is 1. The molecular formula is C19H10Cl2N2O2S2. The van der Waals surface area contributed by atoms with E-state index in [4.69, 9.17) is 35.4 Å². The second-order valence-corrected chi connectivity index (χ2v) is 7.94. The Labute approximate surface area is 174 Å². The minimum absolute atomic E-state index is 0.00164. The normalized spacial score (nSPS) is 16.3. The van der Waals surface area contributed by atoms with Crippen molar-refractivity contribution < 1.29 is 9.59 Å². The van der Waals surface area contributed by atoms with Gasteiger partial charge in [0.2, 0.25) is 0 Å². The Morgan fingerprint density at radius 1 is 1.04 bits per heavy atom. The van der Waals surface area contributed by atoms with E-state index >= 15 is 0 Å². The van der Waals surface area contributed by atoms with E-state index in [1.165, 1.54) is 16.2 Å². The Morgan fingerprint density at radius 3 is 2.48 bits per heavy atom. The third-order valence-corrected chi connectivity index (χ3v) is 5.81. The lowest BCUT2D eigenvalue weighted by molar-refractivity contribution is -0.122. The zero-order chi connectivity index (χ0) is 19.1. The van der Waals surface area contributed by atoms with Gasteiger partial charge in [0.25, 0.3) is 11.8 Å². The number of hydrogen-bond donors (Lipinski definition) is 1. The maximum absolute atomic E-state index is 13.0. The fourth-order valence-corrected chi connectivity index (χ4v) is 4.25. The molecule has 1 saturated heterocycles. The summed E-state index contributed by atoms with van der Waals surface area (Å²) in [4.78, 5) is 26.7. The Morgan fingerprint density at radius 2 is 1.74 bits per heavy atom. The smallest absolute Gasteiger partial charge is 0.270 e. The number of nitrogens with one attached hydrogen (secondary N) is 1. The number of thiocarbonyl (C=S) groups is 1. The number of halogens is 2. The second kappa shape index (κ2) is 7.05. The zero-order valence-corrected chi connectivity index (χ0v) is 16.7. The van der Waals surface area contributed by atoms with Gasteiger partial charge in [-0.25, -0.2) is 0 Å². The van der Waals surface area contributed by atoms with E-state index in [2.05, 4.69) is 5.32 Å². The Bertz CT molecular complexity index is 1140. The highest BCUT2D eigenvalue weighted by Gasteiger charge is 2.34. The fourth-order valence-electron chi connectivity index (χ4n) is 2.77. The molecular weight excluding hydrogens is 423 g/mol. The van der Waals surface area contributed by atoms with E-state index in [0.29, 0.717) is 15.7 Å². The first-order valence-corrected chi connectivity index (χ1v) is 9.82. The molecule has 3 aromatic rings. The van der Waals surface area contributed by atoms with Crippen LogP contribution in [0, 0.1) is 0 Å². The van der Waals surface area contributed by atoms with Crippen molar-refractivity contribution in [1.29, 1.82) is 0 Å². The van der Waals surface area contributed by atoms with Crippen molar-refractivity contribution in [3.05, 3.63) is 69.0 Å². The maximum atomic E-state index is 13.0. The molecule has 0 unspecified atom stereocenters. The van der Waals surface area contributed by atoms with Crippen LogP contribution in [-0.2, 0) is 9.59 Å². The van der Waals surface area contributed by atoms with Crippen LogP contribution in [0.15, 0.2) is 53.4 Å². The van der Waals surface area contributed by atoms with Gasteiger partial charge in [0.15, 0.2) is 5.11 Å². The van der Waals surface area contributed by atoms with Crippen molar-refractivity contribution in [2.75, 3.05) is 4.90 Å². The topological polar surface area (TPSA) is 49.4 Å². The molecule has 4 rings (SSSR count). The molecule has 2 aromatic carbocycles. The fraction of sp³-hybridized carbons (Fsp3) is 0. The molecule has 0 atom stereocenters. The number of rotatable bonds is 2. The predicted octanol–water partition coefficient (Wildman–Crippen LogP) is 5.04. The lowest BCUT2D eigenvalue weighted by Gasteiger charge is -2.28. The van der Waals surface area contributed by atoms with Crippen LogP contribution in [0.2, 0.25) is 10.0 Å². The van der Waals surface area contributed by atoms with Gasteiger partial charge in [-0.2, -0.15) is 0 Å². The summed E-state index contributed by atoms with van der Waals surface area (Å²) in [6.45, 7) is 0. The van der Waals surface area contributed by atoms with Crippen molar-refractivity contribution in [1.82, 2.24) is 5.32 Å². The van der Waals surface area contributed by atoms with E-state index in [1.807, 2.05) is 17.5 Å². The molecule has 8 heteroatoms. The Hall–Kier alpha value is -2.25. The summed E-state index contributed by atoms with van der Waals surface area (Å²) < 4.78 is 1.01. The minimum atomic E-state index is -0.531. The van der Waals surface area contributed by atoms with Gasteiger partial charge in [-0.05, 0) is 71.7 Å². The van der Waals surface area contributed by atoms with Crippen LogP contribution in [-0.4, -0.2) is 16.9 Å². The van der Waals surface area contributed by atoms with Crippen LogP contribution in [0.25, 0.3) is 16.2 Å². The molecule has 0 saturated carbocycles. The molecule has 0 bridgehead atoms. The van der Waals surface area contributed by atoms with Gasteiger partial charge >= 0.3 is 0 Å². The molecule has 27 heavy (non-hydrogen) atoms. The second-order valence-electron chi connectivity index (χ2n) is 5.77. The van der Waals surface area contributed by atoms with Crippen LogP contribution in [0.5, 0.6) is 0 Å². The summed E-state index contributed by atoms with van der Waals surface area (Å²) in [5.41, 5.74) is 1.27. The standard InChI is InChI=1S/C19H10Cl2N2O2S2/c20-11-1-4-13(5-2-11)23-18(25)15(17(24)22-19(23)26)7-10-9-27-16-6-3-12(21)8-14(10)16/h1-9H,(H,22,24,26). The molecule has 1 aliphatic heterocycles. The number of thiophene rings is 1. The summed E-state index contributed by atoms with van der Waals surface area (Å²) in [6, 6.07) is 12.2. The highest BCUT2D eigenvalue weighted by atomic mass is 35.5. The SMILES string of the molecule is O=C1NC(=S)N(c2ccc(Cl)cc2)C(=O)C1=Cc1csc2ccc(Cl)cc12. The Balaban J connectivity index is 1.79. The number of anilines is 1. The van der Waals surface area contributed by atoms with E-state index in [1.54, 1.807) is 36.4 Å². The van der Waals surface area contributed by atoms with Crippen LogP contribution < -0.4 is 10.2 Å². The highest BCUT2D eigenvalue weighted by Crippen LogP contribution is 2.31. The minimum Gasteiger partial charge on any atom is -0.298 e. The molecule has 1 N–H and O–H groups in total. The first kappa shape index (κ1) is 18.1. The number of amides is 2. The summed E-state index contributed by atoms with van der Waals surface area (Å²) in [7, 11) is 0. The van der Waals surface area contributed by atoms with Crippen LogP contribution >= 0.6 is 46.8 Å². The van der Waals surface area contributed by atoms with Crippen LogP contribution in [0.3, 0.4) is 0 Å². The lowest BCUT2D eigenvalue weighted by atomic mass is 10.1. The predicted molar refractivity (Wildman–Crippen MR) is 114 cm³/mol. The van der Waals surface area contributed by atoms with Gasteiger partial charge in [-0.15, -0.1) is 11.3 Å². The van der Waals surface area contributed by atoms with Crippen molar-refractivity contribution >= 4 is 85.5 Å². The first-order chi connectivity index (χ1) is 12.9. The first-order valence-electron chi connectivity index (χ1n) is 7.78. The molecule has 2 amide bonds. The number of nitrogens with zero attached hydrogens (tertiary/aromatic N) is 1. The Kier molecular flexibility index (Phi) is 4.74. The van der Waals surface area contributed by atoms with Gasteiger partial charge in [0.05, 0.1) is 5.69 Å². The summed E-state index contributed by atoms with van der Waals surface area (Å²) in [5.74, 6) is -1.02. The molecule has 1 aromatic heterocycles. The lowest BCUT2D eigenvalue weighted by Crippen LogP contribution is -2.54. The van der Waals surface area contributed by atoms with Gasteiger partial charge in [0, 0.05) is 20.1 Å².